The van der Waals surface area contributed by atoms with Crippen LogP contribution in [0, 0.1) is 0 Å². The van der Waals surface area contributed by atoms with Gasteiger partial charge in [0.05, 0.1) is 20.3 Å². The Balaban J connectivity index is 1.59. The van der Waals surface area contributed by atoms with Gasteiger partial charge in [-0.05, 0) is 42.5 Å². The molecule has 0 bridgehead atoms. The minimum Gasteiger partial charge on any atom is -0.497 e. The first kappa shape index (κ1) is 18.8. The number of hydrogen-bond donors (Lipinski definition) is 1. The molecule has 27 heavy (non-hydrogen) atoms. The Morgan fingerprint density at radius 1 is 1.11 bits per heavy atom. The van der Waals surface area contributed by atoms with Gasteiger partial charge in [0.1, 0.15) is 17.1 Å². The van der Waals surface area contributed by atoms with E-state index in [2.05, 4.69) is 11.4 Å². The smallest absolute Gasteiger partial charge is 0.342 e. The van der Waals surface area contributed by atoms with E-state index in [1.165, 1.54) is 19.8 Å². The molecule has 1 amide bonds. The Morgan fingerprint density at radius 3 is 2.70 bits per heavy atom. The van der Waals surface area contributed by atoms with Gasteiger partial charge in [0.25, 0.3) is 5.91 Å². The Bertz CT molecular complexity index is 833. The summed E-state index contributed by atoms with van der Waals surface area (Å²) < 4.78 is 15.5. The van der Waals surface area contributed by atoms with Crippen molar-refractivity contribution in [2.24, 2.45) is 0 Å². The maximum Gasteiger partial charge on any atom is 0.342 e. The normalized spacial score (nSPS) is 15.4. The quantitative estimate of drug-likeness (QED) is 0.792. The van der Waals surface area contributed by atoms with E-state index in [-0.39, 0.29) is 24.1 Å². The van der Waals surface area contributed by atoms with Gasteiger partial charge in [-0.3, -0.25) is 4.79 Å². The second-order valence-electron chi connectivity index (χ2n) is 6.35. The average molecular weight is 369 g/mol. The van der Waals surface area contributed by atoms with Gasteiger partial charge in [0.2, 0.25) is 0 Å². The number of benzene rings is 2. The van der Waals surface area contributed by atoms with Crippen molar-refractivity contribution in [3.05, 3.63) is 59.2 Å². The lowest BCUT2D eigenvalue weighted by atomic mass is 9.88. The Morgan fingerprint density at radius 2 is 1.93 bits per heavy atom. The maximum atomic E-state index is 12.3. The highest BCUT2D eigenvalue weighted by molar-refractivity contribution is 5.94. The number of fused-ring (bicyclic) bond motifs is 1. The van der Waals surface area contributed by atoms with Crippen LogP contribution in [-0.4, -0.2) is 32.7 Å². The highest BCUT2D eigenvalue weighted by Gasteiger charge is 2.22. The van der Waals surface area contributed by atoms with E-state index in [9.17, 15) is 9.59 Å². The number of carbonyl (C=O) groups excluding carboxylic acids is 2. The van der Waals surface area contributed by atoms with Crippen LogP contribution in [0.3, 0.4) is 0 Å². The molecule has 0 unspecified atom stereocenters. The van der Waals surface area contributed by atoms with E-state index in [0.29, 0.717) is 11.5 Å². The van der Waals surface area contributed by atoms with Crippen LogP contribution in [0.25, 0.3) is 0 Å². The summed E-state index contributed by atoms with van der Waals surface area (Å²) in [6.07, 6.45) is 2.92. The monoisotopic (exact) mass is 369 g/mol. The highest BCUT2D eigenvalue weighted by atomic mass is 16.5. The summed E-state index contributed by atoms with van der Waals surface area (Å²) in [5, 5.41) is 2.96. The van der Waals surface area contributed by atoms with Crippen LogP contribution in [0.2, 0.25) is 0 Å². The molecule has 6 heteroatoms. The van der Waals surface area contributed by atoms with Crippen molar-refractivity contribution in [3.63, 3.8) is 0 Å². The Kier molecular flexibility index (Phi) is 5.96. The zero-order valence-corrected chi connectivity index (χ0v) is 15.5. The zero-order valence-electron chi connectivity index (χ0n) is 15.5. The molecule has 1 aliphatic carbocycles. The molecule has 0 heterocycles. The van der Waals surface area contributed by atoms with E-state index >= 15 is 0 Å². The number of amides is 1. The van der Waals surface area contributed by atoms with Crippen LogP contribution in [0.15, 0.2) is 42.5 Å². The van der Waals surface area contributed by atoms with E-state index in [1.807, 2.05) is 18.2 Å². The summed E-state index contributed by atoms with van der Waals surface area (Å²) in [7, 11) is 2.99. The lowest BCUT2D eigenvalue weighted by Crippen LogP contribution is -2.34. The Hall–Kier alpha value is -3.02. The van der Waals surface area contributed by atoms with E-state index in [1.54, 1.807) is 18.2 Å². The van der Waals surface area contributed by atoms with Crippen molar-refractivity contribution in [2.45, 2.75) is 25.3 Å². The molecule has 0 saturated heterocycles. The molecule has 1 N–H and O–H groups in total. The average Bonchev–Trinajstić information content (AvgIpc) is 2.71. The van der Waals surface area contributed by atoms with Crippen molar-refractivity contribution in [3.8, 4) is 11.5 Å². The van der Waals surface area contributed by atoms with E-state index < -0.39 is 5.97 Å². The Labute approximate surface area is 158 Å². The van der Waals surface area contributed by atoms with Gasteiger partial charge < -0.3 is 19.5 Å². The fourth-order valence-corrected chi connectivity index (χ4v) is 3.32. The van der Waals surface area contributed by atoms with E-state index in [4.69, 9.17) is 14.2 Å². The summed E-state index contributed by atoms with van der Waals surface area (Å²) in [6, 6.07) is 12.8. The molecule has 6 nitrogen and oxygen atoms in total. The van der Waals surface area contributed by atoms with Crippen LogP contribution < -0.4 is 14.8 Å². The maximum absolute atomic E-state index is 12.3. The predicted octanol–water partition coefficient (Wildman–Crippen LogP) is 3.05. The summed E-state index contributed by atoms with van der Waals surface area (Å²) in [5.41, 5.74) is 2.64. The number of rotatable bonds is 6. The summed E-state index contributed by atoms with van der Waals surface area (Å²) in [6.45, 7) is -0.341. The number of carbonyl (C=O) groups is 2. The molecule has 2 aromatic rings. The molecular formula is C21H23NO5. The molecule has 0 fully saturated rings. The molecule has 2 aromatic carbocycles. The number of aryl methyl sites for hydroxylation is 1. The zero-order chi connectivity index (χ0) is 19.2. The van der Waals surface area contributed by atoms with Gasteiger partial charge in [-0.2, -0.15) is 0 Å². The van der Waals surface area contributed by atoms with Crippen molar-refractivity contribution >= 4 is 11.9 Å². The predicted molar refractivity (Wildman–Crippen MR) is 100 cm³/mol. The number of esters is 1. The van der Waals surface area contributed by atoms with Crippen molar-refractivity contribution in [1.29, 1.82) is 0 Å². The minimum atomic E-state index is -0.617. The largest absolute Gasteiger partial charge is 0.497 e. The second-order valence-corrected chi connectivity index (χ2v) is 6.35. The molecular weight excluding hydrogens is 346 g/mol. The van der Waals surface area contributed by atoms with Crippen LogP contribution in [0.1, 0.15) is 40.4 Å². The number of nitrogens with one attached hydrogen (secondary N) is 1. The van der Waals surface area contributed by atoms with Crippen LogP contribution in [0.5, 0.6) is 11.5 Å². The fraction of sp³-hybridized carbons (Fsp3) is 0.333. The topological polar surface area (TPSA) is 73.9 Å². The molecule has 1 atom stereocenters. The van der Waals surface area contributed by atoms with E-state index in [0.717, 1.165) is 24.8 Å². The summed E-state index contributed by atoms with van der Waals surface area (Å²) in [5.74, 6) is -0.0377. The third-order valence-corrected chi connectivity index (χ3v) is 4.67. The minimum absolute atomic E-state index is 0.0447. The highest BCUT2D eigenvalue weighted by Crippen LogP contribution is 2.29. The fourth-order valence-electron chi connectivity index (χ4n) is 3.32. The van der Waals surface area contributed by atoms with Gasteiger partial charge in [-0.1, -0.05) is 24.3 Å². The standard InChI is InChI=1S/C21H23NO5/c1-25-15-10-11-17(19(12-15)26-2)21(24)27-13-20(23)22-18-9-5-7-14-6-3-4-8-16(14)18/h3-4,6,8,10-12,18H,5,7,9,13H2,1-2H3,(H,22,23)/t18-/m0/s1. The van der Waals surface area contributed by atoms with Crippen molar-refractivity contribution in [1.82, 2.24) is 5.32 Å². The first-order valence-corrected chi connectivity index (χ1v) is 8.88. The first-order valence-electron chi connectivity index (χ1n) is 8.88. The van der Waals surface area contributed by atoms with Gasteiger partial charge >= 0.3 is 5.97 Å². The third kappa shape index (κ3) is 4.39. The second kappa shape index (κ2) is 8.58. The molecule has 0 aromatic heterocycles. The molecule has 0 aliphatic heterocycles. The first-order chi connectivity index (χ1) is 13.1. The number of hydrogen-bond acceptors (Lipinski definition) is 5. The van der Waals surface area contributed by atoms with Crippen LogP contribution in [-0.2, 0) is 16.0 Å². The molecule has 1 aliphatic rings. The molecule has 0 spiro atoms. The van der Waals surface area contributed by atoms with Gasteiger partial charge in [0.15, 0.2) is 6.61 Å². The summed E-state index contributed by atoms with van der Waals surface area (Å²) in [4.78, 5) is 24.6. The number of ether oxygens (including phenoxy) is 3. The van der Waals surface area contributed by atoms with Crippen LogP contribution in [0.4, 0.5) is 0 Å². The van der Waals surface area contributed by atoms with Gasteiger partial charge in [0, 0.05) is 6.07 Å². The molecule has 0 radical (unpaired) electrons. The SMILES string of the molecule is COc1ccc(C(=O)OCC(=O)N[C@H]2CCCc3ccccc32)c(OC)c1. The third-order valence-electron chi connectivity index (χ3n) is 4.67. The summed E-state index contributed by atoms with van der Waals surface area (Å²) >= 11 is 0. The lowest BCUT2D eigenvalue weighted by Gasteiger charge is -2.26. The number of methoxy groups -OCH3 is 2. The lowest BCUT2D eigenvalue weighted by molar-refractivity contribution is -0.125. The molecule has 142 valence electrons. The van der Waals surface area contributed by atoms with Crippen molar-refractivity contribution < 1.29 is 23.8 Å². The molecule has 3 rings (SSSR count). The van der Waals surface area contributed by atoms with Gasteiger partial charge in [-0.15, -0.1) is 0 Å². The van der Waals surface area contributed by atoms with Crippen LogP contribution >= 0.6 is 0 Å². The van der Waals surface area contributed by atoms with Gasteiger partial charge in [-0.25, -0.2) is 4.79 Å². The van der Waals surface area contributed by atoms with Crippen molar-refractivity contribution in [2.75, 3.05) is 20.8 Å². The molecule has 0 saturated carbocycles.